The first-order valence-corrected chi connectivity index (χ1v) is 6.16. The summed E-state index contributed by atoms with van der Waals surface area (Å²) in [6.45, 7) is 4.18. The molecule has 7 nitrogen and oxygen atoms in total. The molecule has 7 heteroatoms. The number of hydrogen-bond acceptors (Lipinski definition) is 5. The van der Waals surface area contributed by atoms with E-state index in [1.54, 1.807) is 11.8 Å². The van der Waals surface area contributed by atoms with Gasteiger partial charge in [-0.25, -0.2) is 4.79 Å². The van der Waals surface area contributed by atoms with E-state index in [2.05, 4.69) is 0 Å². The molecule has 0 aromatic heterocycles. The average Bonchev–Trinajstić information content (AvgIpc) is 2.36. The SMILES string of the molecule is CCOC(=O)N1CCN(C(CCO)C(N)=O)CC1. The molecule has 0 aliphatic carbocycles. The number of aliphatic hydroxyl groups is 1. The van der Waals surface area contributed by atoms with Crippen molar-refractivity contribution in [3.8, 4) is 0 Å². The quantitative estimate of drug-likeness (QED) is 0.660. The lowest BCUT2D eigenvalue weighted by Crippen LogP contribution is -2.55. The third kappa shape index (κ3) is 3.85. The molecule has 0 aromatic carbocycles. The van der Waals surface area contributed by atoms with Crippen LogP contribution < -0.4 is 5.73 Å². The van der Waals surface area contributed by atoms with Gasteiger partial charge < -0.3 is 20.5 Å². The van der Waals surface area contributed by atoms with Crippen LogP contribution >= 0.6 is 0 Å². The third-order valence-electron chi connectivity index (χ3n) is 3.01. The number of hydrogen-bond donors (Lipinski definition) is 2. The second-order valence-corrected chi connectivity index (χ2v) is 4.15. The normalized spacial score (nSPS) is 18.4. The van der Waals surface area contributed by atoms with Gasteiger partial charge in [0.1, 0.15) is 0 Å². The van der Waals surface area contributed by atoms with Crippen molar-refractivity contribution in [2.45, 2.75) is 19.4 Å². The van der Waals surface area contributed by atoms with Gasteiger partial charge in [-0.2, -0.15) is 0 Å². The number of ether oxygens (including phenoxy) is 1. The van der Waals surface area contributed by atoms with Gasteiger partial charge >= 0.3 is 6.09 Å². The fraction of sp³-hybridized carbons (Fsp3) is 0.818. The lowest BCUT2D eigenvalue weighted by atomic mass is 10.1. The van der Waals surface area contributed by atoms with Gasteiger partial charge in [-0.15, -0.1) is 0 Å². The van der Waals surface area contributed by atoms with E-state index in [0.717, 1.165) is 0 Å². The van der Waals surface area contributed by atoms with Crippen LogP contribution in [0.2, 0.25) is 0 Å². The summed E-state index contributed by atoms with van der Waals surface area (Å²) < 4.78 is 4.91. The van der Waals surface area contributed by atoms with Crippen molar-refractivity contribution in [1.29, 1.82) is 0 Å². The van der Waals surface area contributed by atoms with Crippen LogP contribution in [0, 0.1) is 0 Å². The van der Waals surface area contributed by atoms with Gasteiger partial charge in [0.15, 0.2) is 0 Å². The number of amides is 2. The summed E-state index contributed by atoms with van der Waals surface area (Å²) in [5, 5.41) is 8.91. The van der Waals surface area contributed by atoms with Crippen LogP contribution in [-0.4, -0.2) is 72.3 Å². The molecule has 1 rings (SSSR count). The monoisotopic (exact) mass is 259 g/mol. The Morgan fingerprint density at radius 2 is 1.94 bits per heavy atom. The molecule has 1 aliphatic heterocycles. The van der Waals surface area contributed by atoms with Gasteiger partial charge in [-0.3, -0.25) is 9.69 Å². The van der Waals surface area contributed by atoms with E-state index < -0.39 is 11.9 Å². The first kappa shape index (κ1) is 14.7. The molecule has 1 saturated heterocycles. The smallest absolute Gasteiger partial charge is 0.409 e. The number of rotatable bonds is 5. The van der Waals surface area contributed by atoms with E-state index in [1.165, 1.54) is 0 Å². The summed E-state index contributed by atoms with van der Waals surface area (Å²) >= 11 is 0. The van der Waals surface area contributed by atoms with Gasteiger partial charge in [0, 0.05) is 32.8 Å². The van der Waals surface area contributed by atoms with E-state index >= 15 is 0 Å². The Hall–Kier alpha value is -1.34. The number of nitrogens with two attached hydrogens (primary N) is 1. The van der Waals surface area contributed by atoms with Crippen molar-refractivity contribution < 1.29 is 19.4 Å². The lowest BCUT2D eigenvalue weighted by Gasteiger charge is -2.37. The lowest BCUT2D eigenvalue weighted by molar-refractivity contribution is -0.124. The maximum atomic E-state index is 11.5. The summed E-state index contributed by atoms with van der Waals surface area (Å²) in [5.74, 6) is -0.436. The number of carbonyl (C=O) groups excluding carboxylic acids is 2. The molecule has 18 heavy (non-hydrogen) atoms. The molecule has 1 heterocycles. The topological polar surface area (TPSA) is 96.1 Å². The molecule has 0 saturated carbocycles. The number of carbonyl (C=O) groups is 2. The summed E-state index contributed by atoms with van der Waals surface area (Å²) in [7, 11) is 0. The van der Waals surface area contributed by atoms with E-state index in [1.807, 2.05) is 4.90 Å². The number of nitrogens with zero attached hydrogens (tertiary/aromatic N) is 2. The molecule has 1 atom stereocenters. The maximum Gasteiger partial charge on any atom is 0.409 e. The van der Waals surface area contributed by atoms with Crippen LogP contribution in [0.4, 0.5) is 4.79 Å². The van der Waals surface area contributed by atoms with Gasteiger partial charge in [-0.05, 0) is 13.3 Å². The second-order valence-electron chi connectivity index (χ2n) is 4.15. The number of piperazine rings is 1. The number of primary amides is 1. The highest BCUT2D eigenvalue weighted by molar-refractivity contribution is 5.79. The molecule has 2 amide bonds. The molecule has 0 aromatic rings. The van der Waals surface area contributed by atoms with Gasteiger partial charge in [-0.1, -0.05) is 0 Å². The van der Waals surface area contributed by atoms with Gasteiger partial charge in [0.2, 0.25) is 5.91 Å². The fourth-order valence-electron chi connectivity index (χ4n) is 2.06. The Balaban J connectivity index is 2.46. The molecule has 3 N–H and O–H groups in total. The highest BCUT2D eigenvalue weighted by atomic mass is 16.6. The predicted octanol–water partition coefficient (Wildman–Crippen LogP) is -1.00. The van der Waals surface area contributed by atoms with Crippen LogP contribution in [-0.2, 0) is 9.53 Å². The highest BCUT2D eigenvalue weighted by Gasteiger charge is 2.29. The molecule has 0 bridgehead atoms. The van der Waals surface area contributed by atoms with Crippen molar-refractivity contribution in [3.05, 3.63) is 0 Å². The Morgan fingerprint density at radius 1 is 1.33 bits per heavy atom. The van der Waals surface area contributed by atoms with Crippen LogP contribution in [0.25, 0.3) is 0 Å². The summed E-state index contributed by atoms with van der Waals surface area (Å²) in [6.07, 6.45) is 0.00398. The van der Waals surface area contributed by atoms with Gasteiger partial charge in [0.05, 0.1) is 12.6 Å². The Kier molecular flexibility index (Phi) is 5.87. The van der Waals surface area contributed by atoms with Crippen molar-refractivity contribution >= 4 is 12.0 Å². The third-order valence-corrected chi connectivity index (χ3v) is 3.01. The van der Waals surface area contributed by atoms with Crippen LogP contribution in [0.5, 0.6) is 0 Å². The van der Waals surface area contributed by atoms with Crippen molar-refractivity contribution in [2.24, 2.45) is 5.73 Å². The molecule has 1 unspecified atom stereocenters. The minimum Gasteiger partial charge on any atom is -0.450 e. The first-order valence-electron chi connectivity index (χ1n) is 6.16. The van der Waals surface area contributed by atoms with Crippen LogP contribution in [0.1, 0.15) is 13.3 Å². The minimum absolute atomic E-state index is 0.0777. The standard InChI is InChI=1S/C11H21N3O4/c1-2-18-11(17)14-6-4-13(5-7-14)9(3-8-15)10(12)16/h9,15H,2-8H2,1H3,(H2,12,16). The summed E-state index contributed by atoms with van der Waals surface area (Å²) in [6, 6.07) is -0.459. The van der Waals surface area contributed by atoms with Crippen molar-refractivity contribution in [1.82, 2.24) is 9.80 Å². The molecule has 1 aliphatic rings. The molecule has 104 valence electrons. The average molecular weight is 259 g/mol. The summed E-state index contributed by atoms with van der Waals surface area (Å²) in [4.78, 5) is 26.3. The number of aliphatic hydroxyl groups excluding tert-OH is 1. The van der Waals surface area contributed by atoms with Crippen LogP contribution in [0.3, 0.4) is 0 Å². The Morgan fingerprint density at radius 3 is 2.39 bits per heavy atom. The van der Waals surface area contributed by atoms with E-state index in [9.17, 15) is 9.59 Å². The fourth-order valence-corrected chi connectivity index (χ4v) is 2.06. The summed E-state index contributed by atoms with van der Waals surface area (Å²) in [5.41, 5.74) is 5.30. The largest absolute Gasteiger partial charge is 0.450 e. The van der Waals surface area contributed by atoms with Gasteiger partial charge in [0.25, 0.3) is 0 Å². The minimum atomic E-state index is -0.459. The highest BCUT2D eigenvalue weighted by Crippen LogP contribution is 2.10. The van der Waals surface area contributed by atoms with Crippen molar-refractivity contribution in [3.63, 3.8) is 0 Å². The van der Waals surface area contributed by atoms with Crippen molar-refractivity contribution in [2.75, 3.05) is 39.4 Å². The zero-order chi connectivity index (χ0) is 13.5. The Bertz CT molecular complexity index is 290. The molecule has 0 radical (unpaired) electrons. The molecular weight excluding hydrogens is 238 g/mol. The molecule has 0 spiro atoms. The van der Waals surface area contributed by atoms with E-state index in [-0.39, 0.29) is 12.7 Å². The zero-order valence-corrected chi connectivity index (χ0v) is 10.7. The maximum absolute atomic E-state index is 11.5. The first-order chi connectivity index (χ1) is 8.60. The molecular formula is C11H21N3O4. The zero-order valence-electron chi connectivity index (χ0n) is 10.7. The van der Waals surface area contributed by atoms with E-state index in [0.29, 0.717) is 39.2 Å². The molecule has 1 fully saturated rings. The second kappa shape index (κ2) is 7.17. The van der Waals surface area contributed by atoms with Crippen LogP contribution in [0.15, 0.2) is 0 Å². The Labute approximate surface area is 106 Å². The van der Waals surface area contributed by atoms with E-state index in [4.69, 9.17) is 15.6 Å². The predicted molar refractivity (Wildman–Crippen MR) is 64.9 cm³/mol.